The van der Waals surface area contributed by atoms with Crippen molar-refractivity contribution in [3.63, 3.8) is 0 Å². The maximum absolute atomic E-state index is 11.1. The van der Waals surface area contributed by atoms with Gasteiger partial charge in [-0.25, -0.2) is 0 Å². The molecule has 0 bridgehead atoms. The molecule has 0 radical (unpaired) electrons. The summed E-state index contributed by atoms with van der Waals surface area (Å²) in [6.07, 6.45) is 5.80. The number of hydrogen-bond donors (Lipinski definition) is 0. The molecule has 1 aliphatic carbocycles. The van der Waals surface area contributed by atoms with Gasteiger partial charge in [0.15, 0.2) is 0 Å². The van der Waals surface area contributed by atoms with Crippen LogP contribution >= 0.6 is 0 Å². The van der Waals surface area contributed by atoms with Gasteiger partial charge in [-0.2, -0.15) is 0 Å². The molecule has 88 valence electrons. The molecule has 15 heavy (non-hydrogen) atoms. The Morgan fingerprint density at radius 3 is 2.93 bits per heavy atom. The van der Waals surface area contributed by atoms with E-state index in [-0.39, 0.29) is 6.10 Å². The zero-order valence-corrected chi connectivity index (χ0v) is 9.67. The zero-order chi connectivity index (χ0) is 10.9. The molecule has 1 aliphatic rings. The lowest BCUT2D eigenvalue weighted by molar-refractivity contribution is -0.125. The second-order valence-electron chi connectivity index (χ2n) is 4.09. The molecule has 3 heteroatoms. The average Bonchev–Trinajstić information content (AvgIpc) is 2.23. The summed E-state index contributed by atoms with van der Waals surface area (Å²) in [5, 5.41) is 0. The van der Waals surface area contributed by atoms with Crippen molar-refractivity contribution in [2.75, 3.05) is 19.8 Å². The molecule has 1 atom stereocenters. The van der Waals surface area contributed by atoms with E-state index in [4.69, 9.17) is 9.47 Å². The second-order valence-corrected chi connectivity index (χ2v) is 4.09. The molecule has 0 heterocycles. The van der Waals surface area contributed by atoms with Crippen LogP contribution in [0.1, 0.15) is 45.4 Å². The first-order valence-corrected chi connectivity index (χ1v) is 6.04. The topological polar surface area (TPSA) is 35.5 Å². The summed E-state index contributed by atoms with van der Waals surface area (Å²) >= 11 is 0. The maximum Gasteiger partial charge on any atom is 0.135 e. The van der Waals surface area contributed by atoms with Crippen molar-refractivity contribution in [3.05, 3.63) is 0 Å². The van der Waals surface area contributed by atoms with E-state index >= 15 is 0 Å². The number of hydrogen-bond acceptors (Lipinski definition) is 3. The van der Waals surface area contributed by atoms with Crippen molar-refractivity contribution in [1.82, 2.24) is 0 Å². The third-order valence-electron chi connectivity index (χ3n) is 2.66. The minimum Gasteiger partial charge on any atom is -0.379 e. The van der Waals surface area contributed by atoms with E-state index in [2.05, 4.69) is 6.92 Å². The molecule has 3 nitrogen and oxygen atoms in total. The highest BCUT2D eigenvalue weighted by Crippen LogP contribution is 2.17. The van der Waals surface area contributed by atoms with Gasteiger partial charge in [-0.1, -0.05) is 13.3 Å². The van der Waals surface area contributed by atoms with Gasteiger partial charge in [0.2, 0.25) is 0 Å². The van der Waals surface area contributed by atoms with Crippen molar-refractivity contribution in [2.45, 2.75) is 51.6 Å². The van der Waals surface area contributed by atoms with E-state index < -0.39 is 0 Å². The van der Waals surface area contributed by atoms with Gasteiger partial charge in [0.25, 0.3) is 0 Å². The molecule has 0 aromatic rings. The minimum atomic E-state index is 0.154. The van der Waals surface area contributed by atoms with Gasteiger partial charge in [0.05, 0.1) is 19.3 Å². The number of rotatable bonds is 7. The summed E-state index contributed by atoms with van der Waals surface area (Å²) < 4.78 is 11.0. The normalized spacial score (nSPS) is 21.9. The molecule has 1 fully saturated rings. The Morgan fingerprint density at radius 2 is 2.20 bits per heavy atom. The van der Waals surface area contributed by atoms with E-state index in [0.717, 1.165) is 38.7 Å². The van der Waals surface area contributed by atoms with Crippen molar-refractivity contribution in [2.24, 2.45) is 0 Å². The fourth-order valence-electron chi connectivity index (χ4n) is 1.75. The summed E-state index contributed by atoms with van der Waals surface area (Å²) in [4.78, 5) is 11.1. The van der Waals surface area contributed by atoms with Gasteiger partial charge < -0.3 is 9.47 Å². The molecule has 0 N–H and O–H groups in total. The Kier molecular flexibility index (Phi) is 6.60. The second kappa shape index (κ2) is 7.83. The minimum absolute atomic E-state index is 0.154. The molecule has 0 saturated heterocycles. The molecule has 0 aromatic carbocycles. The average molecular weight is 214 g/mol. The van der Waals surface area contributed by atoms with Crippen LogP contribution in [-0.4, -0.2) is 31.7 Å². The van der Waals surface area contributed by atoms with Crippen LogP contribution in [-0.2, 0) is 14.3 Å². The van der Waals surface area contributed by atoms with E-state index in [1.165, 1.54) is 0 Å². The molecule has 0 amide bonds. The van der Waals surface area contributed by atoms with Crippen LogP contribution in [0.3, 0.4) is 0 Å². The number of Topliss-reactive ketones (excluding diaryl/α,β-unsaturated/α-hetero) is 1. The highest BCUT2D eigenvalue weighted by molar-refractivity contribution is 5.79. The van der Waals surface area contributed by atoms with Gasteiger partial charge in [-0.05, 0) is 19.3 Å². The van der Waals surface area contributed by atoms with Gasteiger partial charge in [-0.3, -0.25) is 4.79 Å². The number of carbonyl (C=O) groups excluding carboxylic acids is 1. The van der Waals surface area contributed by atoms with Crippen LogP contribution in [0.4, 0.5) is 0 Å². The van der Waals surface area contributed by atoms with Gasteiger partial charge >= 0.3 is 0 Å². The van der Waals surface area contributed by atoms with E-state index in [1.54, 1.807) is 0 Å². The molecule has 1 saturated carbocycles. The van der Waals surface area contributed by atoms with E-state index in [0.29, 0.717) is 25.4 Å². The largest absolute Gasteiger partial charge is 0.379 e. The highest BCUT2D eigenvalue weighted by Gasteiger charge is 2.19. The number of ether oxygens (including phenoxy) is 2. The fourth-order valence-corrected chi connectivity index (χ4v) is 1.75. The number of carbonyl (C=O) groups is 1. The lowest BCUT2D eigenvalue weighted by Gasteiger charge is -2.21. The lowest BCUT2D eigenvalue weighted by Crippen LogP contribution is -2.24. The van der Waals surface area contributed by atoms with Crippen molar-refractivity contribution < 1.29 is 14.3 Å². The van der Waals surface area contributed by atoms with Gasteiger partial charge in [0, 0.05) is 19.4 Å². The Morgan fingerprint density at radius 1 is 1.33 bits per heavy atom. The molecule has 0 aromatic heterocycles. The van der Waals surface area contributed by atoms with Crippen LogP contribution in [0.2, 0.25) is 0 Å². The molecule has 0 aliphatic heterocycles. The first-order chi connectivity index (χ1) is 7.33. The van der Waals surface area contributed by atoms with Crippen LogP contribution in [0, 0.1) is 0 Å². The third kappa shape index (κ3) is 5.90. The first-order valence-electron chi connectivity index (χ1n) is 6.04. The van der Waals surface area contributed by atoms with Crippen LogP contribution < -0.4 is 0 Å². The Balaban J connectivity index is 1.92. The molecule has 1 rings (SSSR count). The SMILES string of the molecule is CCCCOCCOC1CCCC(=O)C1. The Hall–Kier alpha value is -0.410. The maximum atomic E-state index is 11.1. The van der Waals surface area contributed by atoms with Crippen molar-refractivity contribution in [1.29, 1.82) is 0 Å². The standard InChI is InChI=1S/C12H22O3/c1-2-3-7-14-8-9-15-12-6-4-5-11(13)10-12/h12H,2-10H2,1H3. The summed E-state index contributed by atoms with van der Waals surface area (Å²) in [5.74, 6) is 0.346. The highest BCUT2D eigenvalue weighted by atomic mass is 16.5. The number of unbranched alkanes of at least 4 members (excludes halogenated alkanes) is 1. The smallest absolute Gasteiger partial charge is 0.135 e. The Bertz CT molecular complexity index is 180. The monoisotopic (exact) mass is 214 g/mol. The van der Waals surface area contributed by atoms with Crippen molar-refractivity contribution in [3.8, 4) is 0 Å². The lowest BCUT2D eigenvalue weighted by atomic mass is 9.96. The Labute approximate surface area is 92.1 Å². The predicted molar refractivity (Wildman–Crippen MR) is 58.9 cm³/mol. The molecular formula is C12H22O3. The van der Waals surface area contributed by atoms with Crippen molar-refractivity contribution >= 4 is 5.78 Å². The van der Waals surface area contributed by atoms with E-state index in [9.17, 15) is 4.79 Å². The zero-order valence-electron chi connectivity index (χ0n) is 9.67. The fraction of sp³-hybridized carbons (Fsp3) is 0.917. The van der Waals surface area contributed by atoms with Crippen LogP contribution in [0.5, 0.6) is 0 Å². The van der Waals surface area contributed by atoms with Gasteiger partial charge in [-0.15, -0.1) is 0 Å². The summed E-state index contributed by atoms with van der Waals surface area (Å²) in [5.41, 5.74) is 0. The van der Waals surface area contributed by atoms with Gasteiger partial charge in [0.1, 0.15) is 5.78 Å². The summed E-state index contributed by atoms with van der Waals surface area (Å²) in [6, 6.07) is 0. The van der Waals surface area contributed by atoms with Crippen LogP contribution in [0.15, 0.2) is 0 Å². The first kappa shape index (κ1) is 12.7. The molecular weight excluding hydrogens is 192 g/mol. The molecule has 1 unspecified atom stereocenters. The number of ketones is 1. The quantitative estimate of drug-likeness (QED) is 0.610. The third-order valence-corrected chi connectivity index (χ3v) is 2.66. The van der Waals surface area contributed by atoms with Crippen LogP contribution in [0.25, 0.3) is 0 Å². The molecule has 0 spiro atoms. The summed E-state index contributed by atoms with van der Waals surface area (Å²) in [6.45, 7) is 4.25. The summed E-state index contributed by atoms with van der Waals surface area (Å²) in [7, 11) is 0. The predicted octanol–water partition coefficient (Wildman–Crippen LogP) is 2.33. The van der Waals surface area contributed by atoms with E-state index in [1.807, 2.05) is 0 Å².